The third-order valence-electron chi connectivity index (χ3n) is 2.18. The second kappa shape index (κ2) is 4.53. The van der Waals surface area contributed by atoms with Gasteiger partial charge >= 0.3 is 6.18 Å². The van der Waals surface area contributed by atoms with Gasteiger partial charge in [0.05, 0.1) is 5.69 Å². The molecule has 0 aliphatic heterocycles. The van der Waals surface area contributed by atoms with Crippen LogP contribution in [-0.2, 0) is 6.18 Å². The fraction of sp³-hybridized carbons (Fsp3) is 0.182. The number of alkyl halides is 3. The molecule has 0 unspecified atom stereocenters. The molecule has 0 amide bonds. The highest BCUT2D eigenvalue weighted by Gasteiger charge is 2.33. The van der Waals surface area contributed by atoms with Gasteiger partial charge in [-0.2, -0.15) is 13.2 Å². The van der Waals surface area contributed by atoms with Crippen LogP contribution in [0, 0.1) is 6.92 Å². The zero-order valence-electron chi connectivity index (χ0n) is 9.16. The Morgan fingerprint density at radius 3 is 2.50 bits per heavy atom. The van der Waals surface area contributed by atoms with Gasteiger partial charge in [0.25, 0.3) is 0 Å². The smallest absolute Gasteiger partial charge is 0.262 e. The third kappa shape index (κ3) is 2.76. The average Bonchev–Trinajstić information content (AvgIpc) is 2.27. The maximum Gasteiger partial charge on any atom is 0.433 e. The zero-order chi connectivity index (χ0) is 13.3. The Bertz CT molecular complexity index is 584. The van der Waals surface area contributed by atoms with E-state index in [0.717, 1.165) is 6.07 Å². The monoisotopic (exact) mass is 273 g/mol. The minimum Gasteiger partial charge on any atom is -0.262 e. The number of pyridine rings is 1. The lowest BCUT2D eigenvalue weighted by atomic mass is 10.1. The van der Waals surface area contributed by atoms with E-state index in [1.807, 2.05) is 0 Å². The van der Waals surface area contributed by atoms with Crippen molar-refractivity contribution in [2.45, 2.75) is 13.1 Å². The molecule has 2 aromatic rings. The van der Waals surface area contributed by atoms with Crippen LogP contribution in [0.1, 0.15) is 11.4 Å². The Labute approximate surface area is 106 Å². The summed E-state index contributed by atoms with van der Waals surface area (Å²) in [6, 6.07) is 4.05. The van der Waals surface area contributed by atoms with Crippen LogP contribution in [-0.4, -0.2) is 15.0 Å². The summed E-state index contributed by atoms with van der Waals surface area (Å²) in [5.41, 5.74) is 0.243. The molecular weight excluding hydrogens is 267 g/mol. The van der Waals surface area contributed by atoms with E-state index in [-0.39, 0.29) is 5.69 Å². The van der Waals surface area contributed by atoms with E-state index in [4.69, 9.17) is 11.6 Å². The molecule has 2 aromatic heterocycles. The summed E-state index contributed by atoms with van der Waals surface area (Å²) in [6.07, 6.45) is -3.06. The van der Waals surface area contributed by atoms with Gasteiger partial charge in [-0.1, -0.05) is 0 Å². The molecular formula is C11H7ClF3N3. The number of halogens is 4. The number of aromatic nitrogens is 3. The fourth-order valence-electron chi connectivity index (χ4n) is 1.42. The largest absolute Gasteiger partial charge is 0.433 e. The summed E-state index contributed by atoms with van der Waals surface area (Å²) in [6.45, 7) is 1.73. The molecule has 7 heteroatoms. The topological polar surface area (TPSA) is 38.7 Å². The lowest BCUT2D eigenvalue weighted by Gasteiger charge is -2.08. The van der Waals surface area contributed by atoms with E-state index in [9.17, 15) is 13.2 Å². The first-order valence-corrected chi connectivity index (χ1v) is 5.29. The molecule has 0 saturated carbocycles. The second-order valence-electron chi connectivity index (χ2n) is 3.59. The molecule has 0 fully saturated rings. The molecule has 0 aliphatic rings. The third-order valence-corrected chi connectivity index (χ3v) is 2.35. The van der Waals surface area contributed by atoms with Crippen molar-refractivity contribution < 1.29 is 13.2 Å². The Morgan fingerprint density at radius 2 is 1.89 bits per heavy atom. The van der Waals surface area contributed by atoms with Crippen LogP contribution in [0.15, 0.2) is 24.4 Å². The SMILES string of the molecule is Cc1cc(-c2cc(C(F)(F)F)nc(Cl)n2)ccn1. The van der Waals surface area contributed by atoms with Crippen molar-refractivity contribution in [3.8, 4) is 11.3 Å². The van der Waals surface area contributed by atoms with Crippen molar-refractivity contribution in [1.29, 1.82) is 0 Å². The van der Waals surface area contributed by atoms with Gasteiger partial charge in [-0.15, -0.1) is 0 Å². The van der Waals surface area contributed by atoms with E-state index in [1.54, 1.807) is 19.1 Å². The molecule has 0 N–H and O–H groups in total. The zero-order valence-corrected chi connectivity index (χ0v) is 9.92. The van der Waals surface area contributed by atoms with Crippen molar-refractivity contribution in [3.63, 3.8) is 0 Å². The predicted molar refractivity (Wildman–Crippen MR) is 60.0 cm³/mol. The summed E-state index contributed by atoms with van der Waals surface area (Å²) in [5.74, 6) is 0. The van der Waals surface area contributed by atoms with Gasteiger partial charge in [0, 0.05) is 17.5 Å². The van der Waals surface area contributed by atoms with Gasteiger partial charge in [0.15, 0.2) is 0 Å². The van der Waals surface area contributed by atoms with Gasteiger partial charge < -0.3 is 0 Å². The lowest BCUT2D eigenvalue weighted by Crippen LogP contribution is -2.09. The van der Waals surface area contributed by atoms with E-state index >= 15 is 0 Å². The van der Waals surface area contributed by atoms with Crippen molar-refractivity contribution in [1.82, 2.24) is 15.0 Å². The van der Waals surface area contributed by atoms with Crippen LogP contribution >= 0.6 is 11.6 Å². The van der Waals surface area contributed by atoms with Crippen LogP contribution in [0.5, 0.6) is 0 Å². The summed E-state index contributed by atoms with van der Waals surface area (Å²) in [5, 5.41) is -0.436. The highest BCUT2D eigenvalue weighted by atomic mass is 35.5. The van der Waals surface area contributed by atoms with E-state index in [1.165, 1.54) is 6.20 Å². The molecule has 0 atom stereocenters. The van der Waals surface area contributed by atoms with Gasteiger partial charge in [-0.25, -0.2) is 9.97 Å². The lowest BCUT2D eigenvalue weighted by molar-refractivity contribution is -0.141. The Hall–Kier alpha value is -1.69. The fourth-order valence-corrected chi connectivity index (χ4v) is 1.60. The molecule has 2 rings (SSSR count). The van der Waals surface area contributed by atoms with E-state index in [0.29, 0.717) is 11.3 Å². The molecule has 3 nitrogen and oxygen atoms in total. The molecule has 0 spiro atoms. The minimum absolute atomic E-state index is 0.118. The first-order chi connectivity index (χ1) is 8.36. The molecule has 18 heavy (non-hydrogen) atoms. The van der Waals surface area contributed by atoms with Crippen molar-refractivity contribution in [3.05, 3.63) is 41.1 Å². The standard InChI is InChI=1S/C11H7ClF3N3/c1-6-4-7(2-3-16-6)8-5-9(11(13,14)15)18-10(12)17-8/h2-5H,1H3. The van der Waals surface area contributed by atoms with Crippen LogP contribution in [0.25, 0.3) is 11.3 Å². The molecule has 0 aliphatic carbocycles. The second-order valence-corrected chi connectivity index (χ2v) is 3.93. The Kier molecular flexibility index (Phi) is 3.21. The summed E-state index contributed by atoms with van der Waals surface area (Å²) >= 11 is 5.51. The van der Waals surface area contributed by atoms with Crippen molar-refractivity contribution >= 4 is 11.6 Å². The molecule has 0 saturated heterocycles. The number of rotatable bonds is 1. The Morgan fingerprint density at radius 1 is 1.17 bits per heavy atom. The normalized spacial score (nSPS) is 11.6. The highest BCUT2D eigenvalue weighted by Crippen LogP contribution is 2.30. The van der Waals surface area contributed by atoms with Crippen LogP contribution < -0.4 is 0 Å². The summed E-state index contributed by atoms with van der Waals surface area (Å²) in [7, 11) is 0. The minimum atomic E-state index is -4.55. The maximum atomic E-state index is 12.6. The number of aryl methyl sites for hydroxylation is 1. The van der Waals surface area contributed by atoms with Crippen LogP contribution in [0.4, 0.5) is 13.2 Å². The molecule has 2 heterocycles. The number of hydrogen-bond acceptors (Lipinski definition) is 3. The van der Waals surface area contributed by atoms with Gasteiger partial charge in [0.2, 0.25) is 5.28 Å². The van der Waals surface area contributed by atoms with E-state index < -0.39 is 17.2 Å². The molecule has 0 radical (unpaired) electrons. The van der Waals surface area contributed by atoms with Gasteiger partial charge in [0.1, 0.15) is 5.69 Å². The summed E-state index contributed by atoms with van der Waals surface area (Å²) in [4.78, 5) is 10.9. The van der Waals surface area contributed by atoms with Gasteiger partial charge in [-0.05, 0) is 36.7 Å². The molecule has 0 bridgehead atoms. The number of nitrogens with zero attached hydrogens (tertiary/aromatic N) is 3. The maximum absolute atomic E-state index is 12.6. The molecule has 0 aromatic carbocycles. The van der Waals surface area contributed by atoms with E-state index in [2.05, 4.69) is 15.0 Å². The Balaban J connectivity index is 2.55. The first kappa shape index (κ1) is 12.8. The van der Waals surface area contributed by atoms with Gasteiger partial charge in [-0.3, -0.25) is 4.98 Å². The highest BCUT2D eigenvalue weighted by molar-refractivity contribution is 6.28. The van der Waals surface area contributed by atoms with Crippen molar-refractivity contribution in [2.75, 3.05) is 0 Å². The quantitative estimate of drug-likeness (QED) is 0.746. The van der Waals surface area contributed by atoms with Crippen LogP contribution in [0.2, 0.25) is 5.28 Å². The first-order valence-electron chi connectivity index (χ1n) is 4.91. The van der Waals surface area contributed by atoms with Crippen molar-refractivity contribution in [2.24, 2.45) is 0 Å². The average molecular weight is 274 g/mol. The predicted octanol–water partition coefficient (Wildman–Crippen LogP) is 3.52. The molecule has 94 valence electrons. The van der Waals surface area contributed by atoms with Crippen LogP contribution in [0.3, 0.4) is 0 Å². The number of hydrogen-bond donors (Lipinski definition) is 0. The summed E-state index contributed by atoms with van der Waals surface area (Å²) < 4.78 is 37.7.